The Bertz CT molecular complexity index is 648. The summed E-state index contributed by atoms with van der Waals surface area (Å²) in [5, 5.41) is 14.4. The standard InChI is InChI=1S/C16H22N6O2/c1-23-14-4-2-3-13(11-14)19-16-20-15(12-18-21-16)17-5-6-22-7-9-24-10-8-22/h2-4,11-12H,5-10H2,1H3,(H2,17,19,20,21). The van der Waals surface area contributed by atoms with Gasteiger partial charge in [-0.3, -0.25) is 4.90 Å². The molecule has 1 aromatic heterocycles. The Morgan fingerprint density at radius 2 is 2.17 bits per heavy atom. The molecule has 8 nitrogen and oxygen atoms in total. The molecule has 1 saturated heterocycles. The summed E-state index contributed by atoms with van der Waals surface area (Å²) in [5.74, 6) is 1.91. The number of hydrogen-bond donors (Lipinski definition) is 2. The van der Waals surface area contributed by atoms with Gasteiger partial charge in [0.1, 0.15) is 5.75 Å². The number of ether oxygens (including phenoxy) is 2. The predicted octanol–water partition coefficient (Wildman–Crippen LogP) is 1.37. The Morgan fingerprint density at radius 1 is 1.29 bits per heavy atom. The first kappa shape index (κ1) is 16.4. The summed E-state index contributed by atoms with van der Waals surface area (Å²) in [6.07, 6.45) is 1.62. The van der Waals surface area contributed by atoms with Crippen LogP contribution in [0.3, 0.4) is 0 Å². The van der Waals surface area contributed by atoms with Crippen LogP contribution in [0.2, 0.25) is 0 Å². The SMILES string of the molecule is COc1cccc(Nc2nncc(NCCN3CCOCC3)n2)c1. The monoisotopic (exact) mass is 330 g/mol. The van der Waals surface area contributed by atoms with Gasteiger partial charge in [0.2, 0.25) is 5.95 Å². The zero-order chi connectivity index (χ0) is 16.6. The van der Waals surface area contributed by atoms with Gasteiger partial charge in [-0.25, -0.2) is 0 Å². The normalized spacial score (nSPS) is 15.0. The minimum Gasteiger partial charge on any atom is -0.497 e. The third kappa shape index (κ3) is 4.77. The molecule has 24 heavy (non-hydrogen) atoms. The van der Waals surface area contributed by atoms with Crippen LogP contribution in [0.4, 0.5) is 17.5 Å². The highest BCUT2D eigenvalue weighted by atomic mass is 16.5. The van der Waals surface area contributed by atoms with Crippen LogP contribution in [0.1, 0.15) is 0 Å². The van der Waals surface area contributed by atoms with Gasteiger partial charge in [0, 0.05) is 37.9 Å². The molecule has 2 heterocycles. The van der Waals surface area contributed by atoms with E-state index >= 15 is 0 Å². The fraction of sp³-hybridized carbons (Fsp3) is 0.438. The van der Waals surface area contributed by atoms with Crippen molar-refractivity contribution in [1.29, 1.82) is 0 Å². The third-order valence-corrected chi connectivity index (χ3v) is 3.72. The molecule has 8 heteroatoms. The van der Waals surface area contributed by atoms with Crippen molar-refractivity contribution in [3.63, 3.8) is 0 Å². The van der Waals surface area contributed by atoms with Gasteiger partial charge in [-0.2, -0.15) is 10.1 Å². The van der Waals surface area contributed by atoms with E-state index in [1.807, 2.05) is 24.3 Å². The Balaban J connectivity index is 1.53. The van der Waals surface area contributed by atoms with E-state index in [2.05, 4.69) is 30.7 Å². The number of methoxy groups -OCH3 is 1. The summed E-state index contributed by atoms with van der Waals surface area (Å²) in [6.45, 7) is 5.33. The first-order valence-corrected chi connectivity index (χ1v) is 7.98. The summed E-state index contributed by atoms with van der Waals surface area (Å²) >= 11 is 0. The molecule has 128 valence electrons. The molecule has 0 aliphatic carbocycles. The summed E-state index contributed by atoms with van der Waals surface area (Å²) in [4.78, 5) is 6.79. The summed E-state index contributed by atoms with van der Waals surface area (Å²) in [5.41, 5.74) is 0.849. The number of aromatic nitrogens is 3. The largest absolute Gasteiger partial charge is 0.497 e. The molecular weight excluding hydrogens is 308 g/mol. The molecule has 1 fully saturated rings. The maximum Gasteiger partial charge on any atom is 0.249 e. The molecular formula is C16H22N6O2. The molecule has 0 atom stereocenters. The van der Waals surface area contributed by atoms with Gasteiger partial charge in [0.15, 0.2) is 5.82 Å². The highest BCUT2D eigenvalue weighted by Crippen LogP contribution is 2.19. The van der Waals surface area contributed by atoms with Crippen molar-refractivity contribution in [2.75, 3.05) is 57.1 Å². The first-order chi connectivity index (χ1) is 11.8. The highest BCUT2D eigenvalue weighted by Gasteiger charge is 2.09. The van der Waals surface area contributed by atoms with Crippen LogP contribution in [0.5, 0.6) is 5.75 Å². The zero-order valence-corrected chi connectivity index (χ0v) is 13.7. The number of rotatable bonds is 7. The maximum absolute atomic E-state index is 5.34. The maximum atomic E-state index is 5.34. The number of anilines is 3. The second kappa shape index (κ2) is 8.42. The fourth-order valence-corrected chi connectivity index (χ4v) is 2.44. The molecule has 0 saturated carbocycles. The van der Waals surface area contributed by atoms with Gasteiger partial charge in [0.05, 0.1) is 26.5 Å². The van der Waals surface area contributed by atoms with E-state index in [0.717, 1.165) is 50.8 Å². The van der Waals surface area contributed by atoms with Crippen molar-refractivity contribution in [2.24, 2.45) is 0 Å². The number of benzene rings is 1. The fourth-order valence-electron chi connectivity index (χ4n) is 2.44. The smallest absolute Gasteiger partial charge is 0.249 e. The molecule has 0 amide bonds. The van der Waals surface area contributed by atoms with Crippen molar-refractivity contribution in [2.45, 2.75) is 0 Å². The van der Waals surface area contributed by atoms with Crippen molar-refractivity contribution in [3.05, 3.63) is 30.5 Å². The van der Waals surface area contributed by atoms with Crippen LogP contribution in [-0.4, -0.2) is 66.6 Å². The minimum atomic E-state index is 0.444. The van der Waals surface area contributed by atoms with E-state index in [-0.39, 0.29) is 0 Å². The Hall–Kier alpha value is -2.45. The van der Waals surface area contributed by atoms with Crippen molar-refractivity contribution >= 4 is 17.5 Å². The van der Waals surface area contributed by atoms with E-state index in [1.165, 1.54) is 0 Å². The van der Waals surface area contributed by atoms with Crippen molar-refractivity contribution in [3.8, 4) is 5.75 Å². The molecule has 2 N–H and O–H groups in total. The van der Waals surface area contributed by atoms with E-state index < -0.39 is 0 Å². The molecule has 3 rings (SSSR count). The number of nitrogens with one attached hydrogen (secondary N) is 2. The van der Waals surface area contributed by atoms with E-state index in [1.54, 1.807) is 13.3 Å². The quantitative estimate of drug-likeness (QED) is 0.787. The lowest BCUT2D eigenvalue weighted by Crippen LogP contribution is -2.39. The van der Waals surface area contributed by atoms with Gasteiger partial charge in [0.25, 0.3) is 0 Å². The summed E-state index contributed by atoms with van der Waals surface area (Å²) in [7, 11) is 1.64. The number of nitrogens with zero attached hydrogens (tertiary/aromatic N) is 4. The lowest BCUT2D eigenvalue weighted by molar-refractivity contribution is 0.0398. The molecule has 0 radical (unpaired) electrons. The van der Waals surface area contributed by atoms with Gasteiger partial charge >= 0.3 is 0 Å². The minimum absolute atomic E-state index is 0.444. The third-order valence-electron chi connectivity index (χ3n) is 3.72. The first-order valence-electron chi connectivity index (χ1n) is 7.98. The van der Waals surface area contributed by atoms with E-state index in [0.29, 0.717) is 11.8 Å². The lowest BCUT2D eigenvalue weighted by Gasteiger charge is -2.26. The molecule has 0 unspecified atom stereocenters. The highest BCUT2D eigenvalue weighted by molar-refractivity contribution is 5.56. The van der Waals surface area contributed by atoms with Crippen molar-refractivity contribution < 1.29 is 9.47 Å². The molecule has 1 aliphatic heterocycles. The van der Waals surface area contributed by atoms with Crippen LogP contribution in [-0.2, 0) is 4.74 Å². The molecule has 0 spiro atoms. The zero-order valence-electron chi connectivity index (χ0n) is 13.7. The van der Waals surface area contributed by atoms with Crippen LogP contribution >= 0.6 is 0 Å². The average molecular weight is 330 g/mol. The second-order valence-electron chi connectivity index (χ2n) is 5.40. The van der Waals surface area contributed by atoms with Crippen molar-refractivity contribution in [1.82, 2.24) is 20.1 Å². The Labute approximate surface area is 141 Å². The topological polar surface area (TPSA) is 84.4 Å². The number of hydrogen-bond acceptors (Lipinski definition) is 8. The molecule has 1 aliphatic rings. The van der Waals surface area contributed by atoms with Gasteiger partial charge in [-0.05, 0) is 12.1 Å². The Morgan fingerprint density at radius 3 is 3.00 bits per heavy atom. The van der Waals surface area contributed by atoms with Crippen LogP contribution in [0.25, 0.3) is 0 Å². The van der Waals surface area contributed by atoms with E-state index in [9.17, 15) is 0 Å². The average Bonchev–Trinajstić information content (AvgIpc) is 2.63. The van der Waals surface area contributed by atoms with Crippen LogP contribution in [0, 0.1) is 0 Å². The molecule has 1 aromatic carbocycles. The van der Waals surface area contributed by atoms with Crippen LogP contribution < -0.4 is 15.4 Å². The second-order valence-corrected chi connectivity index (χ2v) is 5.40. The van der Waals surface area contributed by atoms with E-state index in [4.69, 9.17) is 9.47 Å². The van der Waals surface area contributed by atoms with Gasteiger partial charge < -0.3 is 20.1 Å². The van der Waals surface area contributed by atoms with Crippen LogP contribution in [0.15, 0.2) is 30.5 Å². The molecule has 2 aromatic rings. The number of morpholine rings is 1. The lowest BCUT2D eigenvalue weighted by atomic mass is 10.3. The summed E-state index contributed by atoms with van der Waals surface area (Å²) in [6, 6.07) is 7.58. The Kier molecular flexibility index (Phi) is 5.75. The molecule has 0 bridgehead atoms. The predicted molar refractivity (Wildman–Crippen MR) is 91.9 cm³/mol. The van der Waals surface area contributed by atoms with Gasteiger partial charge in [-0.15, -0.1) is 5.10 Å². The van der Waals surface area contributed by atoms with Gasteiger partial charge in [-0.1, -0.05) is 6.07 Å². The summed E-state index contributed by atoms with van der Waals surface area (Å²) < 4.78 is 10.5.